The van der Waals surface area contributed by atoms with Gasteiger partial charge in [0.1, 0.15) is 0 Å². The highest BCUT2D eigenvalue weighted by atomic mass is 16.5. The van der Waals surface area contributed by atoms with Crippen molar-refractivity contribution in [2.24, 2.45) is 5.92 Å². The van der Waals surface area contributed by atoms with Gasteiger partial charge in [0.05, 0.1) is 0 Å². The molecule has 94 valence electrons. The van der Waals surface area contributed by atoms with E-state index >= 15 is 0 Å². The van der Waals surface area contributed by atoms with Gasteiger partial charge in [0.2, 0.25) is 0 Å². The Morgan fingerprint density at radius 3 is 2.67 bits per heavy atom. The summed E-state index contributed by atoms with van der Waals surface area (Å²) in [4.78, 5) is 11.2. The van der Waals surface area contributed by atoms with Crippen LogP contribution in [0, 0.1) is 5.92 Å². The number of hydrogen-bond acceptors (Lipinski definition) is 2. The Morgan fingerprint density at radius 1 is 1.28 bits per heavy atom. The predicted octanol–water partition coefficient (Wildman–Crippen LogP) is 2.87. The first kappa shape index (κ1) is 12.6. The molecule has 2 rings (SSSR count). The van der Waals surface area contributed by atoms with Crippen LogP contribution in [0.1, 0.15) is 28.8 Å². The lowest BCUT2D eigenvalue weighted by Gasteiger charge is -2.12. The van der Waals surface area contributed by atoms with Gasteiger partial charge in [-0.2, -0.15) is 0 Å². The van der Waals surface area contributed by atoms with E-state index in [4.69, 9.17) is 5.21 Å². The summed E-state index contributed by atoms with van der Waals surface area (Å²) in [5.74, 6) is 0.150. The van der Waals surface area contributed by atoms with E-state index in [1.54, 1.807) is 17.6 Å². The van der Waals surface area contributed by atoms with E-state index in [0.717, 1.165) is 19.3 Å². The second-order valence-electron chi connectivity index (χ2n) is 4.49. The molecule has 18 heavy (non-hydrogen) atoms. The van der Waals surface area contributed by atoms with Gasteiger partial charge in [0, 0.05) is 5.56 Å². The van der Waals surface area contributed by atoms with Crippen molar-refractivity contribution < 1.29 is 10.0 Å². The third-order valence-corrected chi connectivity index (χ3v) is 3.19. The van der Waals surface area contributed by atoms with E-state index in [-0.39, 0.29) is 0 Å². The molecule has 0 fully saturated rings. The molecule has 1 aliphatic rings. The van der Waals surface area contributed by atoms with E-state index in [1.165, 1.54) is 5.56 Å². The van der Waals surface area contributed by atoms with Crippen molar-refractivity contribution in [3.63, 3.8) is 0 Å². The van der Waals surface area contributed by atoms with Crippen molar-refractivity contribution in [1.29, 1.82) is 0 Å². The van der Waals surface area contributed by atoms with E-state index in [9.17, 15) is 4.79 Å². The summed E-state index contributed by atoms with van der Waals surface area (Å²) in [6.07, 6.45) is 11.9. The zero-order valence-electron chi connectivity index (χ0n) is 10.2. The zero-order valence-corrected chi connectivity index (χ0v) is 10.2. The molecule has 1 aromatic rings. The quantitative estimate of drug-likeness (QED) is 0.631. The number of aryl methyl sites for hydroxylation is 1. The number of carbonyl (C=O) groups excluding carboxylic acids is 1. The summed E-state index contributed by atoms with van der Waals surface area (Å²) in [7, 11) is 0. The molecule has 1 atom stereocenters. The van der Waals surface area contributed by atoms with E-state index < -0.39 is 5.91 Å². The van der Waals surface area contributed by atoms with Gasteiger partial charge in [-0.05, 0) is 42.9 Å². The summed E-state index contributed by atoms with van der Waals surface area (Å²) < 4.78 is 0. The highest BCUT2D eigenvalue weighted by Gasteiger charge is 2.07. The number of carbonyl (C=O) groups is 1. The molecule has 3 nitrogen and oxygen atoms in total. The molecular formula is C15H17NO2. The van der Waals surface area contributed by atoms with Crippen LogP contribution in [0.5, 0.6) is 0 Å². The highest BCUT2D eigenvalue weighted by molar-refractivity contribution is 5.93. The predicted molar refractivity (Wildman–Crippen MR) is 70.4 cm³/mol. The first-order valence-corrected chi connectivity index (χ1v) is 6.16. The lowest BCUT2D eigenvalue weighted by atomic mass is 9.93. The summed E-state index contributed by atoms with van der Waals surface area (Å²) in [5, 5.41) is 8.52. The second-order valence-corrected chi connectivity index (χ2v) is 4.49. The van der Waals surface area contributed by atoms with Crippen LogP contribution in [-0.2, 0) is 6.42 Å². The van der Waals surface area contributed by atoms with Crippen molar-refractivity contribution >= 4 is 5.91 Å². The summed E-state index contributed by atoms with van der Waals surface area (Å²) in [6.45, 7) is 0. The Hall–Kier alpha value is -1.87. The number of allylic oxidation sites excluding steroid dienone is 4. The van der Waals surface area contributed by atoms with Gasteiger partial charge in [-0.1, -0.05) is 36.4 Å². The third kappa shape index (κ3) is 3.31. The minimum atomic E-state index is -0.470. The number of benzene rings is 1. The Balaban J connectivity index is 1.88. The van der Waals surface area contributed by atoms with Gasteiger partial charge in [-0.25, -0.2) is 5.48 Å². The Morgan fingerprint density at radius 2 is 2.06 bits per heavy atom. The van der Waals surface area contributed by atoms with Crippen LogP contribution in [0.15, 0.2) is 48.6 Å². The van der Waals surface area contributed by atoms with Crippen LogP contribution in [0.4, 0.5) is 0 Å². The number of hydroxylamine groups is 1. The van der Waals surface area contributed by atoms with Crippen LogP contribution < -0.4 is 5.48 Å². The minimum Gasteiger partial charge on any atom is -0.288 e. The second kappa shape index (κ2) is 6.17. The number of rotatable bonds is 4. The van der Waals surface area contributed by atoms with Gasteiger partial charge in [-0.3, -0.25) is 10.0 Å². The maximum atomic E-state index is 11.2. The lowest BCUT2D eigenvalue weighted by molar-refractivity contribution is 0.0706. The van der Waals surface area contributed by atoms with Crippen molar-refractivity contribution in [3.8, 4) is 0 Å². The van der Waals surface area contributed by atoms with E-state index in [0.29, 0.717) is 11.5 Å². The Kier molecular flexibility index (Phi) is 4.31. The van der Waals surface area contributed by atoms with Crippen LogP contribution in [0.3, 0.4) is 0 Å². The van der Waals surface area contributed by atoms with Gasteiger partial charge < -0.3 is 0 Å². The molecule has 0 radical (unpaired) electrons. The smallest absolute Gasteiger partial charge is 0.274 e. The largest absolute Gasteiger partial charge is 0.288 e. The standard InChI is InChI=1S/C15H17NO2/c17-15(16-18)14-10-8-13(9-11-14)7-6-12-4-2-1-3-5-12/h1-4,8-12,18H,5-7H2,(H,16,17). The third-order valence-electron chi connectivity index (χ3n) is 3.19. The molecule has 1 aliphatic carbocycles. The molecule has 0 saturated carbocycles. The first-order chi connectivity index (χ1) is 8.79. The molecular weight excluding hydrogens is 226 g/mol. The van der Waals surface area contributed by atoms with Crippen LogP contribution in [-0.4, -0.2) is 11.1 Å². The van der Waals surface area contributed by atoms with Crippen LogP contribution >= 0.6 is 0 Å². The molecule has 1 amide bonds. The van der Waals surface area contributed by atoms with Crippen molar-refractivity contribution in [2.75, 3.05) is 0 Å². The maximum Gasteiger partial charge on any atom is 0.274 e. The highest BCUT2D eigenvalue weighted by Crippen LogP contribution is 2.18. The summed E-state index contributed by atoms with van der Waals surface area (Å²) in [6, 6.07) is 7.34. The van der Waals surface area contributed by atoms with Gasteiger partial charge >= 0.3 is 0 Å². The molecule has 0 aliphatic heterocycles. The van der Waals surface area contributed by atoms with Gasteiger partial charge in [0.25, 0.3) is 5.91 Å². The molecule has 3 heteroatoms. The lowest BCUT2D eigenvalue weighted by Crippen LogP contribution is -2.18. The van der Waals surface area contributed by atoms with E-state index in [1.807, 2.05) is 12.1 Å². The summed E-state index contributed by atoms with van der Waals surface area (Å²) in [5.41, 5.74) is 3.32. The van der Waals surface area contributed by atoms with Crippen molar-refractivity contribution in [2.45, 2.75) is 19.3 Å². The molecule has 0 heterocycles. The number of hydrogen-bond donors (Lipinski definition) is 2. The van der Waals surface area contributed by atoms with Gasteiger partial charge in [-0.15, -0.1) is 0 Å². The summed E-state index contributed by atoms with van der Waals surface area (Å²) >= 11 is 0. The fraction of sp³-hybridized carbons (Fsp3) is 0.267. The normalized spacial score (nSPS) is 17.7. The fourth-order valence-corrected chi connectivity index (χ4v) is 2.09. The molecule has 1 aromatic carbocycles. The van der Waals surface area contributed by atoms with Crippen LogP contribution in [0.25, 0.3) is 0 Å². The zero-order chi connectivity index (χ0) is 12.8. The van der Waals surface area contributed by atoms with Crippen LogP contribution in [0.2, 0.25) is 0 Å². The number of amides is 1. The van der Waals surface area contributed by atoms with Gasteiger partial charge in [0.15, 0.2) is 0 Å². The van der Waals surface area contributed by atoms with Crippen molar-refractivity contribution in [1.82, 2.24) is 5.48 Å². The SMILES string of the molecule is O=C(NO)c1ccc(CCC2C=CC=CC2)cc1. The Labute approximate surface area is 107 Å². The molecule has 1 unspecified atom stereocenters. The number of nitrogens with one attached hydrogen (secondary N) is 1. The Bertz CT molecular complexity index is 460. The first-order valence-electron chi connectivity index (χ1n) is 6.16. The topological polar surface area (TPSA) is 49.3 Å². The molecule has 0 saturated heterocycles. The average Bonchev–Trinajstić information content (AvgIpc) is 2.46. The fourth-order valence-electron chi connectivity index (χ4n) is 2.09. The molecule has 2 N–H and O–H groups in total. The maximum absolute atomic E-state index is 11.2. The van der Waals surface area contributed by atoms with E-state index in [2.05, 4.69) is 24.3 Å². The monoisotopic (exact) mass is 243 g/mol. The molecule has 0 spiro atoms. The minimum absolute atomic E-state index is 0.470. The molecule has 0 bridgehead atoms. The average molecular weight is 243 g/mol. The molecule has 0 aromatic heterocycles. The van der Waals surface area contributed by atoms with Crippen molar-refractivity contribution in [3.05, 3.63) is 59.7 Å².